The normalized spacial score (nSPS) is 36.0. The van der Waals surface area contributed by atoms with Gasteiger partial charge in [-0.1, -0.05) is 40.5 Å². The van der Waals surface area contributed by atoms with E-state index in [0.717, 1.165) is 6.61 Å². The van der Waals surface area contributed by atoms with E-state index in [-0.39, 0.29) is 5.60 Å². The summed E-state index contributed by atoms with van der Waals surface area (Å²) in [5, 5.41) is 0. The van der Waals surface area contributed by atoms with Crippen molar-refractivity contribution in [3.05, 3.63) is 0 Å². The molecule has 1 nitrogen and oxygen atoms in total. The van der Waals surface area contributed by atoms with Gasteiger partial charge in [0.15, 0.2) is 0 Å². The molecule has 2 aliphatic rings. The van der Waals surface area contributed by atoms with Crippen LogP contribution in [0.4, 0.5) is 0 Å². The van der Waals surface area contributed by atoms with Crippen molar-refractivity contribution in [2.75, 3.05) is 6.61 Å². The third kappa shape index (κ3) is 1.95. The van der Waals surface area contributed by atoms with Gasteiger partial charge >= 0.3 is 0 Å². The van der Waals surface area contributed by atoms with Crippen LogP contribution < -0.4 is 0 Å². The molecule has 1 heteroatoms. The summed E-state index contributed by atoms with van der Waals surface area (Å²) in [6.07, 6.45) is 7.87. The summed E-state index contributed by atoms with van der Waals surface area (Å²) in [7, 11) is 0. The molecule has 88 valence electrons. The molecule has 15 heavy (non-hydrogen) atoms. The highest BCUT2D eigenvalue weighted by Crippen LogP contribution is 2.54. The van der Waals surface area contributed by atoms with Crippen molar-refractivity contribution < 1.29 is 4.74 Å². The van der Waals surface area contributed by atoms with E-state index in [9.17, 15) is 0 Å². The Morgan fingerprint density at radius 1 is 1.00 bits per heavy atom. The number of rotatable bonds is 0. The molecule has 0 aromatic carbocycles. The van der Waals surface area contributed by atoms with Crippen molar-refractivity contribution >= 4 is 0 Å². The van der Waals surface area contributed by atoms with Crippen molar-refractivity contribution in [1.82, 2.24) is 0 Å². The molecule has 2 fully saturated rings. The maximum absolute atomic E-state index is 6.12. The Morgan fingerprint density at radius 2 is 1.60 bits per heavy atom. The predicted octanol–water partition coefficient (Wildman–Crippen LogP) is 4.16. The fourth-order valence-corrected chi connectivity index (χ4v) is 3.32. The van der Waals surface area contributed by atoms with Crippen LogP contribution in [0.15, 0.2) is 0 Å². The van der Waals surface area contributed by atoms with Gasteiger partial charge in [-0.3, -0.25) is 0 Å². The van der Waals surface area contributed by atoms with E-state index in [2.05, 4.69) is 27.7 Å². The van der Waals surface area contributed by atoms with Gasteiger partial charge in [-0.2, -0.15) is 0 Å². The highest BCUT2D eigenvalue weighted by atomic mass is 16.5. The van der Waals surface area contributed by atoms with Gasteiger partial charge in [0.1, 0.15) is 0 Å². The topological polar surface area (TPSA) is 9.23 Å². The van der Waals surface area contributed by atoms with Crippen LogP contribution in [0.1, 0.15) is 66.2 Å². The molecule has 2 rings (SSSR count). The number of ether oxygens (including phenoxy) is 1. The first-order chi connectivity index (χ1) is 6.87. The lowest BCUT2D eigenvalue weighted by atomic mass is 9.60. The summed E-state index contributed by atoms with van der Waals surface area (Å²) in [6, 6.07) is 0. The van der Waals surface area contributed by atoms with E-state index in [1.165, 1.54) is 38.5 Å². The van der Waals surface area contributed by atoms with Gasteiger partial charge in [-0.05, 0) is 36.5 Å². The third-order valence-electron chi connectivity index (χ3n) is 5.10. The van der Waals surface area contributed by atoms with Crippen LogP contribution in [0.25, 0.3) is 0 Å². The maximum atomic E-state index is 6.12. The van der Waals surface area contributed by atoms with Crippen molar-refractivity contribution in [2.24, 2.45) is 10.8 Å². The molecule has 1 heterocycles. The molecule has 1 aliphatic heterocycles. The summed E-state index contributed by atoms with van der Waals surface area (Å²) in [4.78, 5) is 0. The summed E-state index contributed by atoms with van der Waals surface area (Å²) in [6.45, 7) is 10.6. The van der Waals surface area contributed by atoms with Crippen LogP contribution in [0.3, 0.4) is 0 Å². The first kappa shape index (κ1) is 11.4. The Hall–Kier alpha value is -0.0400. The molecule has 0 aromatic rings. The average molecular weight is 210 g/mol. The summed E-state index contributed by atoms with van der Waals surface area (Å²) < 4.78 is 6.12. The minimum Gasteiger partial charge on any atom is -0.375 e. The Kier molecular flexibility index (Phi) is 2.65. The van der Waals surface area contributed by atoms with Crippen molar-refractivity contribution in [3.8, 4) is 0 Å². The van der Waals surface area contributed by atoms with Crippen LogP contribution in [0.5, 0.6) is 0 Å². The summed E-state index contributed by atoms with van der Waals surface area (Å²) in [5.41, 5.74) is 1.14. The quantitative estimate of drug-likeness (QED) is 0.583. The lowest BCUT2D eigenvalue weighted by Gasteiger charge is -2.51. The lowest BCUT2D eigenvalue weighted by Crippen LogP contribution is -2.47. The summed E-state index contributed by atoms with van der Waals surface area (Å²) >= 11 is 0. The minimum atomic E-state index is 0.264. The smallest absolute Gasteiger partial charge is 0.0688 e. The zero-order valence-corrected chi connectivity index (χ0v) is 10.9. The van der Waals surface area contributed by atoms with Crippen LogP contribution in [-0.4, -0.2) is 12.2 Å². The van der Waals surface area contributed by atoms with E-state index in [1.54, 1.807) is 0 Å². The monoisotopic (exact) mass is 210 g/mol. The fraction of sp³-hybridized carbons (Fsp3) is 1.00. The lowest BCUT2D eigenvalue weighted by molar-refractivity contribution is -0.145. The van der Waals surface area contributed by atoms with Gasteiger partial charge < -0.3 is 4.74 Å². The highest BCUT2D eigenvalue weighted by Gasteiger charge is 2.49. The van der Waals surface area contributed by atoms with Gasteiger partial charge in [-0.25, -0.2) is 0 Å². The molecule has 0 N–H and O–H groups in total. The number of hydrogen-bond donors (Lipinski definition) is 0. The molecule has 1 saturated heterocycles. The Bertz CT molecular complexity index is 232. The van der Waals surface area contributed by atoms with Crippen molar-refractivity contribution in [2.45, 2.75) is 71.8 Å². The van der Waals surface area contributed by atoms with E-state index >= 15 is 0 Å². The Morgan fingerprint density at radius 3 is 2.13 bits per heavy atom. The van der Waals surface area contributed by atoms with Crippen molar-refractivity contribution in [3.63, 3.8) is 0 Å². The van der Waals surface area contributed by atoms with E-state index in [1.807, 2.05) is 0 Å². The van der Waals surface area contributed by atoms with Crippen LogP contribution in [-0.2, 0) is 4.74 Å². The molecule has 0 unspecified atom stereocenters. The van der Waals surface area contributed by atoms with Gasteiger partial charge in [-0.15, -0.1) is 0 Å². The van der Waals surface area contributed by atoms with Crippen LogP contribution >= 0.6 is 0 Å². The van der Waals surface area contributed by atoms with Gasteiger partial charge in [0.05, 0.1) is 5.60 Å². The SMILES string of the molecule is CC(C)(C)[C@@]1(C)CCOC2(CCCC2)C1. The average Bonchev–Trinajstić information content (AvgIpc) is 2.51. The second-order valence-corrected chi connectivity index (χ2v) is 6.98. The third-order valence-corrected chi connectivity index (χ3v) is 5.10. The van der Waals surface area contributed by atoms with Gasteiger partial charge in [0.2, 0.25) is 0 Å². The molecule has 0 bridgehead atoms. The van der Waals surface area contributed by atoms with Crippen molar-refractivity contribution in [1.29, 1.82) is 0 Å². The fourth-order valence-electron chi connectivity index (χ4n) is 3.32. The summed E-state index contributed by atoms with van der Waals surface area (Å²) in [5.74, 6) is 0. The molecular weight excluding hydrogens is 184 g/mol. The minimum absolute atomic E-state index is 0.264. The molecule has 0 radical (unpaired) electrons. The second-order valence-electron chi connectivity index (χ2n) is 6.98. The predicted molar refractivity (Wildman–Crippen MR) is 63.9 cm³/mol. The molecule has 0 amide bonds. The highest BCUT2D eigenvalue weighted by molar-refractivity contribution is 4.99. The first-order valence-corrected chi connectivity index (χ1v) is 6.51. The molecule has 1 spiro atoms. The van der Waals surface area contributed by atoms with E-state index < -0.39 is 0 Å². The molecule has 0 aromatic heterocycles. The van der Waals surface area contributed by atoms with Gasteiger partial charge in [0, 0.05) is 6.61 Å². The van der Waals surface area contributed by atoms with E-state index in [0.29, 0.717) is 10.8 Å². The largest absolute Gasteiger partial charge is 0.375 e. The zero-order chi connectivity index (χ0) is 11.2. The van der Waals surface area contributed by atoms with Gasteiger partial charge in [0.25, 0.3) is 0 Å². The zero-order valence-electron chi connectivity index (χ0n) is 10.9. The molecule has 1 atom stereocenters. The van der Waals surface area contributed by atoms with Crippen LogP contribution in [0, 0.1) is 10.8 Å². The molecule has 1 saturated carbocycles. The van der Waals surface area contributed by atoms with Crippen LogP contribution in [0.2, 0.25) is 0 Å². The number of hydrogen-bond acceptors (Lipinski definition) is 1. The Labute approximate surface area is 94.6 Å². The second kappa shape index (κ2) is 3.48. The van der Waals surface area contributed by atoms with E-state index in [4.69, 9.17) is 4.74 Å². The maximum Gasteiger partial charge on any atom is 0.0688 e. The molecule has 1 aliphatic carbocycles. The molecular formula is C14H26O. The standard InChI is InChI=1S/C14H26O/c1-12(2,3)13(4)9-10-15-14(11-13)7-5-6-8-14/h5-11H2,1-4H3/t13-/m0/s1. The first-order valence-electron chi connectivity index (χ1n) is 6.51. The Balaban J connectivity index is 2.16.